The number of rotatable bonds is 7. The van der Waals surface area contributed by atoms with E-state index in [9.17, 15) is 9.59 Å². The van der Waals surface area contributed by atoms with Crippen molar-refractivity contribution in [1.82, 2.24) is 14.9 Å². The monoisotopic (exact) mass is 370 g/mol. The minimum Gasteiger partial charge on any atom is -0.322 e. The zero-order valence-corrected chi connectivity index (χ0v) is 15.7. The molecule has 3 heterocycles. The quantitative estimate of drug-likeness (QED) is 0.701. The van der Waals surface area contributed by atoms with Crippen LogP contribution in [0.3, 0.4) is 0 Å². The summed E-state index contributed by atoms with van der Waals surface area (Å²) in [6.07, 6.45) is 7.07. The lowest BCUT2D eigenvalue weighted by atomic mass is 10.1. The van der Waals surface area contributed by atoms with Crippen LogP contribution in [0.4, 0.5) is 9.93 Å². The van der Waals surface area contributed by atoms with E-state index in [0.29, 0.717) is 35.3 Å². The van der Waals surface area contributed by atoms with Gasteiger partial charge in [0.2, 0.25) is 0 Å². The van der Waals surface area contributed by atoms with Gasteiger partial charge in [-0.15, -0.1) is 0 Å². The molecule has 0 atom stereocenters. The number of aryl methyl sites for hydroxylation is 2. The van der Waals surface area contributed by atoms with Crippen molar-refractivity contribution < 1.29 is 9.59 Å². The molecule has 0 unspecified atom stereocenters. The number of hydrogen-bond donors (Lipinski definition) is 0. The van der Waals surface area contributed by atoms with E-state index in [0.717, 1.165) is 24.3 Å². The van der Waals surface area contributed by atoms with E-state index in [-0.39, 0.29) is 11.8 Å². The molecule has 136 valence electrons. The van der Waals surface area contributed by atoms with Gasteiger partial charge in [-0.25, -0.2) is 9.78 Å². The summed E-state index contributed by atoms with van der Waals surface area (Å²) in [5, 5.41) is 0.651. The summed E-state index contributed by atoms with van der Waals surface area (Å²) >= 11 is 1.35. The lowest BCUT2D eigenvalue weighted by molar-refractivity contribution is 0.0986. The van der Waals surface area contributed by atoms with E-state index in [1.165, 1.54) is 24.2 Å². The van der Waals surface area contributed by atoms with Gasteiger partial charge in [0, 0.05) is 38.4 Å². The standard InChI is InChI=1S/C19H22N4O2S/c1-13-17(16(24)5-4-14-6-8-20-9-7-14)26-18(21-13)23-11-10-22(19(23)25)12-15-2-3-15/h6-9,15H,2-5,10-12H2,1H3. The molecule has 1 saturated heterocycles. The van der Waals surface area contributed by atoms with Crippen LogP contribution in [0.1, 0.15) is 40.2 Å². The van der Waals surface area contributed by atoms with Crippen LogP contribution >= 0.6 is 11.3 Å². The first kappa shape index (κ1) is 17.1. The molecule has 0 radical (unpaired) electrons. The highest BCUT2D eigenvalue weighted by atomic mass is 32.1. The van der Waals surface area contributed by atoms with Gasteiger partial charge in [-0.05, 0) is 49.8 Å². The van der Waals surface area contributed by atoms with Crippen molar-refractivity contribution in [1.29, 1.82) is 0 Å². The fourth-order valence-electron chi connectivity index (χ4n) is 3.22. The predicted molar refractivity (Wildman–Crippen MR) is 101 cm³/mol. The zero-order valence-electron chi connectivity index (χ0n) is 14.9. The molecule has 1 aliphatic carbocycles. The van der Waals surface area contributed by atoms with Crippen molar-refractivity contribution in [3.05, 3.63) is 40.7 Å². The van der Waals surface area contributed by atoms with E-state index in [1.807, 2.05) is 24.0 Å². The molecular formula is C19H22N4O2S. The van der Waals surface area contributed by atoms with Crippen molar-refractivity contribution in [2.45, 2.75) is 32.6 Å². The van der Waals surface area contributed by atoms with E-state index in [2.05, 4.69) is 9.97 Å². The number of Topliss-reactive ketones (excluding diaryl/α,β-unsaturated/α-hetero) is 1. The Kier molecular flexibility index (Phi) is 4.72. The third-order valence-corrected chi connectivity index (χ3v) is 6.15. The summed E-state index contributed by atoms with van der Waals surface area (Å²) in [7, 11) is 0. The summed E-state index contributed by atoms with van der Waals surface area (Å²) in [5.74, 6) is 0.770. The number of hydrogen-bond acceptors (Lipinski definition) is 5. The lowest BCUT2D eigenvalue weighted by Crippen LogP contribution is -2.33. The molecule has 0 spiro atoms. The third kappa shape index (κ3) is 3.62. The maximum absolute atomic E-state index is 12.6. The van der Waals surface area contributed by atoms with Gasteiger partial charge < -0.3 is 4.90 Å². The smallest absolute Gasteiger partial charge is 0.322 e. The number of carbonyl (C=O) groups excluding carboxylic acids is 2. The first-order valence-electron chi connectivity index (χ1n) is 9.08. The Morgan fingerprint density at radius 1 is 1.27 bits per heavy atom. The van der Waals surface area contributed by atoms with Gasteiger partial charge in [-0.3, -0.25) is 14.7 Å². The van der Waals surface area contributed by atoms with Crippen LogP contribution in [0, 0.1) is 12.8 Å². The number of nitrogens with zero attached hydrogens (tertiary/aromatic N) is 4. The first-order chi connectivity index (χ1) is 12.6. The molecule has 6 nitrogen and oxygen atoms in total. The second kappa shape index (κ2) is 7.15. The molecule has 0 aromatic carbocycles. The number of carbonyl (C=O) groups is 2. The second-order valence-corrected chi connectivity index (χ2v) is 7.99. The van der Waals surface area contributed by atoms with Crippen LogP contribution < -0.4 is 4.90 Å². The highest BCUT2D eigenvalue weighted by Crippen LogP contribution is 2.33. The number of ketones is 1. The maximum atomic E-state index is 12.6. The third-order valence-electron chi connectivity index (χ3n) is 4.93. The van der Waals surface area contributed by atoms with Gasteiger partial charge in [0.05, 0.1) is 10.6 Å². The Hall–Kier alpha value is -2.28. The Morgan fingerprint density at radius 2 is 2.04 bits per heavy atom. The minimum absolute atomic E-state index is 0.0291. The highest BCUT2D eigenvalue weighted by Gasteiger charge is 2.35. The van der Waals surface area contributed by atoms with Gasteiger partial charge in [-0.2, -0.15) is 0 Å². The summed E-state index contributed by atoms with van der Waals surface area (Å²) in [6.45, 7) is 4.11. The summed E-state index contributed by atoms with van der Waals surface area (Å²) < 4.78 is 0. The van der Waals surface area contributed by atoms with Crippen molar-refractivity contribution in [2.75, 3.05) is 24.5 Å². The number of pyridine rings is 1. The zero-order chi connectivity index (χ0) is 18.1. The van der Waals surface area contributed by atoms with Gasteiger partial charge >= 0.3 is 6.03 Å². The van der Waals surface area contributed by atoms with Crippen molar-refractivity contribution in [3.8, 4) is 0 Å². The Balaban J connectivity index is 1.42. The number of aromatic nitrogens is 2. The molecule has 0 bridgehead atoms. The van der Waals surface area contributed by atoms with Crippen LogP contribution in [0.2, 0.25) is 0 Å². The highest BCUT2D eigenvalue weighted by molar-refractivity contribution is 7.17. The molecule has 2 aromatic heterocycles. The Labute approximate surface area is 156 Å². The number of thiazole rings is 1. The van der Waals surface area contributed by atoms with Gasteiger partial charge in [-0.1, -0.05) is 11.3 Å². The van der Waals surface area contributed by atoms with Crippen LogP contribution in [0.15, 0.2) is 24.5 Å². The molecule has 7 heteroatoms. The average molecular weight is 370 g/mol. The Morgan fingerprint density at radius 3 is 2.77 bits per heavy atom. The molecule has 26 heavy (non-hydrogen) atoms. The SMILES string of the molecule is Cc1nc(N2CCN(CC3CC3)C2=O)sc1C(=O)CCc1ccncc1. The molecule has 2 aromatic rings. The van der Waals surface area contributed by atoms with Gasteiger partial charge in [0.25, 0.3) is 0 Å². The van der Waals surface area contributed by atoms with Crippen molar-refractivity contribution in [3.63, 3.8) is 0 Å². The predicted octanol–water partition coefficient (Wildman–Crippen LogP) is 3.31. The van der Waals surface area contributed by atoms with Crippen LogP contribution in [0.25, 0.3) is 0 Å². The fraction of sp³-hybridized carbons (Fsp3) is 0.474. The van der Waals surface area contributed by atoms with Crippen LogP contribution in [-0.4, -0.2) is 46.3 Å². The molecule has 0 N–H and O–H groups in total. The van der Waals surface area contributed by atoms with Gasteiger partial charge in [0.15, 0.2) is 10.9 Å². The second-order valence-electron chi connectivity index (χ2n) is 7.01. The fourth-order valence-corrected chi connectivity index (χ4v) is 4.27. The Bertz CT molecular complexity index is 816. The normalized spacial score (nSPS) is 17.2. The van der Waals surface area contributed by atoms with E-state index in [1.54, 1.807) is 17.3 Å². The average Bonchev–Trinajstić information content (AvgIpc) is 3.28. The van der Waals surface area contributed by atoms with Gasteiger partial charge in [0.1, 0.15) is 0 Å². The van der Waals surface area contributed by atoms with Crippen molar-refractivity contribution in [2.24, 2.45) is 5.92 Å². The van der Waals surface area contributed by atoms with E-state index >= 15 is 0 Å². The van der Waals surface area contributed by atoms with Crippen LogP contribution in [-0.2, 0) is 6.42 Å². The molecule has 2 fully saturated rings. The molecular weight excluding hydrogens is 348 g/mol. The number of urea groups is 1. The minimum atomic E-state index is 0.0291. The summed E-state index contributed by atoms with van der Waals surface area (Å²) in [4.78, 5) is 38.0. The topological polar surface area (TPSA) is 66.4 Å². The molecule has 2 aliphatic rings. The summed E-state index contributed by atoms with van der Waals surface area (Å²) in [5.41, 5.74) is 1.82. The van der Waals surface area contributed by atoms with E-state index < -0.39 is 0 Å². The molecule has 2 amide bonds. The molecule has 1 aliphatic heterocycles. The van der Waals surface area contributed by atoms with Crippen LogP contribution in [0.5, 0.6) is 0 Å². The number of amides is 2. The number of anilines is 1. The van der Waals surface area contributed by atoms with Crippen molar-refractivity contribution >= 4 is 28.3 Å². The summed E-state index contributed by atoms with van der Waals surface area (Å²) in [6, 6.07) is 3.88. The molecule has 4 rings (SSSR count). The molecule has 1 saturated carbocycles. The lowest BCUT2D eigenvalue weighted by Gasteiger charge is -2.16. The largest absolute Gasteiger partial charge is 0.326 e. The first-order valence-corrected chi connectivity index (χ1v) is 9.89. The maximum Gasteiger partial charge on any atom is 0.326 e. The van der Waals surface area contributed by atoms with E-state index in [4.69, 9.17) is 0 Å².